The van der Waals surface area contributed by atoms with E-state index in [0.717, 1.165) is 69.2 Å². The van der Waals surface area contributed by atoms with E-state index < -0.39 is 0 Å². The number of piperidine rings is 1. The van der Waals surface area contributed by atoms with Crippen LogP contribution in [-0.4, -0.2) is 62.7 Å². The van der Waals surface area contributed by atoms with Crippen LogP contribution in [0, 0.1) is 5.92 Å². The highest BCUT2D eigenvalue weighted by atomic mass is 16.5. The van der Waals surface area contributed by atoms with Crippen LogP contribution in [-0.2, 0) is 13.0 Å². The lowest BCUT2D eigenvalue weighted by Gasteiger charge is -2.37. The fourth-order valence-corrected chi connectivity index (χ4v) is 4.96. The molecule has 2 aliphatic heterocycles. The molecule has 4 rings (SSSR count). The summed E-state index contributed by atoms with van der Waals surface area (Å²) in [6.07, 6.45) is 3.05. The van der Waals surface area contributed by atoms with Crippen LogP contribution in [0.5, 0.6) is 17.2 Å². The van der Waals surface area contributed by atoms with Crippen LogP contribution in [0.25, 0.3) is 0 Å². The van der Waals surface area contributed by atoms with E-state index in [2.05, 4.69) is 4.90 Å². The Hall–Kier alpha value is -2.73. The van der Waals surface area contributed by atoms with Crippen molar-refractivity contribution in [1.82, 2.24) is 9.80 Å². The molecule has 6 nitrogen and oxygen atoms in total. The minimum absolute atomic E-state index is 0.105. The number of amides is 1. The minimum atomic E-state index is 0.105. The molecule has 2 aromatic carbocycles. The second-order valence-corrected chi connectivity index (χ2v) is 8.61. The molecule has 2 aromatic rings. The van der Waals surface area contributed by atoms with Gasteiger partial charge in [-0.15, -0.1) is 0 Å². The van der Waals surface area contributed by atoms with E-state index in [0.29, 0.717) is 18.1 Å². The zero-order chi connectivity index (χ0) is 22.5. The third kappa shape index (κ3) is 4.85. The van der Waals surface area contributed by atoms with Crippen molar-refractivity contribution in [3.8, 4) is 17.2 Å². The number of carbonyl (C=O) groups is 1. The van der Waals surface area contributed by atoms with Gasteiger partial charge in [-0.2, -0.15) is 0 Å². The smallest absolute Gasteiger partial charge is 0.253 e. The van der Waals surface area contributed by atoms with E-state index in [-0.39, 0.29) is 5.91 Å². The number of hydrogen-bond donors (Lipinski definition) is 0. The van der Waals surface area contributed by atoms with Crippen molar-refractivity contribution in [3.05, 3.63) is 53.1 Å². The molecule has 1 fully saturated rings. The van der Waals surface area contributed by atoms with Gasteiger partial charge in [-0.05, 0) is 62.4 Å². The maximum absolute atomic E-state index is 13.0. The molecular formula is C26H34N2O4. The Balaban J connectivity index is 1.33. The number of carbonyl (C=O) groups excluding carboxylic acids is 1. The van der Waals surface area contributed by atoms with Crippen molar-refractivity contribution < 1.29 is 19.0 Å². The summed E-state index contributed by atoms with van der Waals surface area (Å²) in [5.74, 6) is 3.37. The maximum atomic E-state index is 13.0. The summed E-state index contributed by atoms with van der Waals surface area (Å²) in [5, 5.41) is 0. The predicted molar refractivity (Wildman–Crippen MR) is 125 cm³/mol. The number of nitrogens with zero attached hydrogens (tertiary/aromatic N) is 2. The van der Waals surface area contributed by atoms with Crippen molar-refractivity contribution in [2.75, 3.05) is 47.0 Å². The van der Waals surface area contributed by atoms with Gasteiger partial charge < -0.3 is 19.1 Å². The molecule has 0 unspecified atom stereocenters. The summed E-state index contributed by atoms with van der Waals surface area (Å²) in [6, 6.07) is 11.5. The summed E-state index contributed by atoms with van der Waals surface area (Å²) in [5.41, 5.74) is 3.24. The average molecular weight is 439 g/mol. The Morgan fingerprint density at radius 1 is 1.00 bits per heavy atom. The first-order chi connectivity index (χ1) is 15.6. The van der Waals surface area contributed by atoms with Crippen molar-refractivity contribution in [2.45, 2.75) is 32.7 Å². The van der Waals surface area contributed by atoms with E-state index in [9.17, 15) is 4.79 Å². The second-order valence-electron chi connectivity index (χ2n) is 8.61. The van der Waals surface area contributed by atoms with Crippen LogP contribution in [0.2, 0.25) is 0 Å². The molecule has 0 spiro atoms. The summed E-state index contributed by atoms with van der Waals surface area (Å²) >= 11 is 0. The molecule has 0 N–H and O–H groups in total. The zero-order valence-electron chi connectivity index (χ0n) is 19.4. The van der Waals surface area contributed by atoms with Gasteiger partial charge >= 0.3 is 0 Å². The molecule has 172 valence electrons. The number of fused-ring (bicyclic) bond motifs is 1. The first-order valence-electron chi connectivity index (χ1n) is 11.6. The lowest BCUT2D eigenvalue weighted by Crippen LogP contribution is -2.42. The second kappa shape index (κ2) is 10.3. The highest BCUT2D eigenvalue weighted by Gasteiger charge is 2.28. The van der Waals surface area contributed by atoms with Crippen LogP contribution >= 0.6 is 0 Å². The first-order valence-corrected chi connectivity index (χ1v) is 11.6. The number of likely N-dealkylation sites (tertiary alicyclic amines) is 1. The Labute approximate surface area is 191 Å². The van der Waals surface area contributed by atoms with Crippen molar-refractivity contribution in [1.29, 1.82) is 0 Å². The third-order valence-corrected chi connectivity index (χ3v) is 6.65. The number of methoxy groups -OCH3 is 2. The van der Waals surface area contributed by atoms with Gasteiger partial charge in [0.2, 0.25) is 0 Å². The largest absolute Gasteiger partial charge is 0.496 e. The van der Waals surface area contributed by atoms with Crippen LogP contribution in [0.4, 0.5) is 0 Å². The number of hydrogen-bond acceptors (Lipinski definition) is 5. The third-order valence-electron chi connectivity index (χ3n) is 6.65. The highest BCUT2D eigenvalue weighted by molar-refractivity contribution is 5.94. The van der Waals surface area contributed by atoms with E-state index in [1.807, 2.05) is 48.2 Å². The van der Waals surface area contributed by atoms with E-state index >= 15 is 0 Å². The van der Waals surface area contributed by atoms with Crippen LogP contribution in [0.1, 0.15) is 41.3 Å². The predicted octanol–water partition coefficient (Wildman–Crippen LogP) is 4.01. The molecule has 6 heteroatoms. The minimum Gasteiger partial charge on any atom is -0.496 e. The highest BCUT2D eigenvalue weighted by Crippen LogP contribution is 2.35. The molecule has 0 saturated carbocycles. The Morgan fingerprint density at radius 2 is 1.72 bits per heavy atom. The number of rotatable bonds is 7. The van der Waals surface area contributed by atoms with Gasteiger partial charge in [0.25, 0.3) is 5.91 Å². The molecular weight excluding hydrogens is 404 g/mol. The lowest BCUT2D eigenvalue weighted by atomic mass is 9.93. The Morgan fingerprint density at radius 3 is 2.41 bits per heavy atom. The molecule has 0 bridgehead atoms. The van der Waals surface area contributed by atoms with Gasteiger partial charge in [0, 0.05) is 49.4 Å². The summed E-state index contributed by atoms with van der Waals surface area (Å²) in [7, 11) is 3.47. The van der Waals surface area contributed by atoms with Crippen LogP contribution < -0.4 is 14.2 Å². The number of ether oxygens (including phenoxy) is 3. The van der Waals surface area contributed by atoms with Gasteiger partial charge in [0.1, 0.15) is 17.2 Å². The fraction of sp³-hybridized carbons (Fsp3) is 0.500. The van der Waals surface area contributed by atoms with Crippen LogP contribution in [0.3, 0.4) is 0 Å². The van der Waals surface area contributed by atoms with Gasteiger partial charge in [0.05, 0.1) is 20.8 Å². The average Bonchev–Trinajstić information content (AvgIpc) is 2.83. The van der Waals surface area contributed by atoms with E-state index in [4.69, 9.17) is 14.2 Å². The monoisotopic (exact) mass is 438 g/mol. The molecule has 1 amide bonds. The number of benzene rings is 2. The quantitative estimate of drug-likeness (QED) is 0.654. The van der Waals surface area contributed by atoms with Gasteiger partial charge in [-0.1, -0.05) is 6.07 Å². The van der Waals surface area contributed by atoms with Crippen molar-refractivity contribution in [2.24, 2.45) is 5.92 Å². The molecule has 32 heavy (non-hydrogen) atoms. The molecule has 2 heterocycles. The normalized spacial score (nSPS) is 17.0. The molecule has 0 aliphatic carbocycles. The zero-order valence-corrected chi connectivity index (χ0v) is 19.4. The molecule has 0 atom stereocenters. The molecule has 0 aromatic heterocycles. The van der Waals surface area contributed by atoms with Gasteiger partial charge in [0.15, 0.2) is 0 Å². The fourth-order valence-electron chi connectivity index (χ4n) is 4.96. The van der Waals surface area contributed by atoms with Crippen LogP contribution in [0.15, 0.2) is 36.4 Å². The Bertz CT molecular complexity index is 937. The van der Waals surface area contributed by atoms with Crippen molar-refractivity contribution in [3.63, 3.8) is 0 Å². The summed E-state index contributed by atoms with van der Waals surface area (Å²) in [6.45, 7) is 7.14. The topological polar surface area (TPSA) is 51.2 Å². The Kier molecular flexibility index (Phi) is 7.20. The van der Waals surface area contributed by atoms with Crippen molar-refractivity contribution >= 4 is 5.91 Å². The first kappa shape index (κ1) is 22.5. The molecule has 1 saturated heterocycles. The molecule has 2 aliphatic rings. The maximum Gasteiger partial charge on any atom is 0.253 e. The SMILES string of the molecule is CCOc1cccc(C(=O)N2CCC(CN3CCc4c(OC)ccc(OC)c4C3)CC2)c1. The molecule has 0 radical (unpaired) electrons. The summed E-state index contributed by atoms with van der Waals surface area (Å²) < 4.78 is 16.7. The lowest BCUT2D eigenvalue weighted by molar-refractivity contribution is 0.0662. The summed E-state index contributed by atoms with van der Waals surface area (Å²) in [4.78, 5) is 17.5. The van der Waals surface area contributed by atoms with E-state index in [1.165, 1.54) is 11.1 Å². The standard InChI is InChI=1S/C26H34N2O4/c1-4-32-21-7-5-6-20(16-21)26(29)28-14-10-19(11-15-28)17-27-13-12-22-23(18-27)25(31-3)9-8-24(22)30-2/h5-9,16,19H,4,10-15,17-18H2,1-3H3. The van der Waals surface area contributed by atoms with Gasteiger partial charge in [-0.25, -0.2) is 0 Å². The van der Waals surface area contributed by atoms with E-state index in [1.54, 1.807) is 14.2 Å². The van der Waals surface area contributed by atoms with Gasteiger partial charge in [-0.3, -0.25) is 9.69 Å².